The molecule has 3 N–H and O–H groups in total. The van der Waals surface area contributed by atoms with E-state index in [4.69, 9.17) is 5.73 Å². The van der Waals surface area contributed by atoms with E-state index in [1.807, 2.05) is 17.8 Å². The Balaban J connectivity index is 2.24. The third kappa shape index (κ3) is 3.89. The highest BCUT2D eigenvalue weighted by molar-refractivity contribution is 7.07. The van der Waals surface area contributed by atoms with Crippen molar-refractivity contribution in [1.82, 2.24) is 10.3 Å². The molecule has 0 aromatic carbocycles. The van der Waals surface area contributed by atoms with Crippen molar-refractivity contribution >= 4 is 17.3 Å². The van der Waals surface area contributed by atoms with Gasteiger partial charge in [0.15, 0.2) is 5.96 Å². The number of hydrogen-bond acceptors (Lipinski definition) is 3. The summed E-state index contributed by atoms with van der Waals surface area (Å²) in [5, 5.41) is 4.96. The van der Waals surface area contributed by atoms with Gasteiger partial charge in [-0.3, -0.25) is 4.99 Å². The second-order valence-electron chi connectivity index (χ2n) is 2.53. The Kier molecular flexibility index (Phi) is 4.25. The highest BCUT2D eigenvalue weighted by atomic mass is 32.1. The van der Waals surface area contributed by atoms with Gasteiger partial charge in [-0.15, -0.1) is 11.3 Å². The summed E-state index contributed by atoms with van der Waals surface area (Å²) in [6.07, 6.45) is 0.857. The van der Waals surface area contributed by atoms with Gasteiger partial charge >= 0.3 is 0 Å². The minimum Gasteiger partial charge on any atom is -0.370 e. The van der Waals surface area contributed by atoms with Gasteiger partial charge in [0, 0.05) is 24.9 Å². The number of hydrogen-bond donors (Lipinski definition) is 2. The average molecular weight is 198 g/mol. The molecule has 13 heavy (non-hydrogen) atoms. The van der Waals surface area contributed by atoms with E-state index in [9.17, 15) is 0 Å². The third-order valence-electron chi connectivity index (χ3n) is 1.49. The lowest BCUT2D eigenvalue weighted by Crippen LogP contribution is -2.31. The van der Waals surface area contributed by atoms with Crippen LogP contribution in [0.5, 0.6) is 0 Å². The van der Waals surface area contributed by atoms with Crippen LogP contribution in [0.25, 0.3) is 0 Å². The van der Waals surface area contributed by atoms with Gasteiger partial charge in [0.25, 0.3) is 0 Å². The van der Waals surface area contributed by atoms with Gasteiger partial charge in [0.1, 0.15) is 0 Å². The van der Waals surface area contributed by atoms with E-state index in [1.165, 1.54) is 0 Å². The highest BCUT2D eigenvalue weighted by Gasteiger charge is 1.93. The third-order valence-corrected chi connectivity index (χ3v) is 2.13. The summed E-state index contributed by atoms with van der Waals surface area (Å²) in [7, 11) is 0. The highest BCUT2D eigenvalue weighted by Crippen LogP contribution is 2.01. The van der Waals surface area contributed by atoms with Crippen LogP contribution < -0.4 is 11.1 Å². The first-order valence-electron chi connectivity index (χ1n) is 4.23. The van der Waals surface area contributed by atoms with Crippen molar-refractivity contribution in [3.63, 3.8) is 0 Å². The van der Waals surface area contributed by atoms with Crippen molar-refractivity contribution in [2.75, 3.05) is 13.1 Å². The van der Waals surface area contributed by atoms with Crippen LogP contribution in [0.2, 0.25) is 0 Å². The fraction of sp³-hybridized carbons (Fsp3) is 0.500. The van der Waals surface area contributed by atoms with Gasteiger partial charge in [0.2, 0.25) is 0 Å². The molecular formula is C8H14N4S. The first-order chi connectivity index (χ1) is 6.33. The molecule has 4 nitrogen and oxygen atoms in total. The standard InChI is InChI=1S/C8H14N4S/c1-2-10-8(9)11-4-3-7-5-13-6-12-7/h5-6H,2-4H2,1H3,(H3,9,10,11). The number of guanidine groups is 1. The van der Waals surface area contributed by atoms with Crippen molar-refractivity contribution in [1.29, 1.82) is 0 Å². The summed E-state index contributed by atoms with van der Waals surface area (Å²) in [5.41, 5.74) is 8.45. The zero-order valence-corrected chi connectivity index (χ0v) is 8.47. The Labute approximate surface area is 81.9 Å². The zero-order chi connectivity index (χ0) is 9.52. The fourth-order valence-electron chi connectivity index (χ4n) is 0.889. The minimum absolute atomic E-state index is 0.512. The van der Waals surface area contributed by atoms with Crippen LogP contribution in [0.3, 0.4) is 0 Å². The molecule has 1 rings (SSSR count). The normalized spacial score (nSPS) is 11.6. The Morgan fingerprint density at radius 3 is 3.23 bits per heavy atom. The molecule has 72 valence electrons. The fourth-order valence-corrected chi connectivity index (χ4v) is 1.48. The molecule has 0 aliphatic rings. The molecule has 0 radical (unpaired) electrons. The number of thiazole rings is 1. The van der Waals surface area contributed by atoms with Crippen LogP contribution in [0.15, 0.2) is 15.9 Å². The van der Waals surface area contributed by atoms with Gasteiger partial charge in [-0.2, -0.15) is 0 Å². The maximum atomic E-state index is 5.54. The topological polar surface area (TPSA) is 63.3 Å². The van der Waals surface area contributed by atoms with E-state index in [0.29, 0.717) is 12.5 Å². The molecule has 0 aliphatic carbocycles. The summed E-state index contributed by atoms with van der Waals surface area (Å²) in [5.74, 6) is 0.512. The molecule has 0 spiro atoms. The Bertz CT molecular complexity index is 255. The number of rotatable bonds is 4. The number of nitrogens with one attached hydrogen (secondary N) is 1. The first-order valence-corrected chi connectivity index (χ1v) is 5.18. The molecule has 0 saturated carbocycles. The zero-order valence-electron chi connectivity index (χ0n) is 7.66. The van der Waals surface area contributed by atoms with Crippen LogP contribution in [-0.2, 0) is 6.42 Å². The molecule has 5 heteroatoms. The van der Waals surface area contributed by atoms with Gasteiger partial charge < -0.3 is 11.1 Å². The van der Waals surface area contributed by atoms with Crippen LogP contribution >= 0.6 is 11.3 Å². The summed E-state index contributed by atoms with van der Waals surface area (Å²) < 4.78 is 0. The smallest absolute Gasteiger partial charge is 0.188 e. The Hall–Kier alpha value is -1.10. The molecule has 1 heterocycles. The first kappa shape index (κ1) is 9.98. The minimum atomic E-state index is 0.512. The van der Waals surface area contributed by atoms with Gasteiger partial charge in [0.05, 0.1) is 11.2 Å². The van der Waals surface area contributed by atoms with Crippen molar-refractivity contribution in [2.45, 2.75) is 13.3 Å². The summed E-state index contributed by atoms with van der Waals surface area (Å²) in [6.45, 7) is 3.50. The second kappa shape index (κ2) is 5.53. The van der Waals surface area contributed by atoms with Crippen molar-refractivity contribution in [3.8, 4) is 0 Å². The van der Waals surface area contributed by atoms with Gasteiger partial charge in [-0.1, -0.05) is 0 Å². The summed E-state index contributed by atoms with van der Waals surface area (Å²) >= 11 is 1.60. The number of nitrogens with zero attached hydrogens (tertiary/aromatic N) is 2. The SMILES string of the molecule is CCNC(N)=NCCc1cscn1. The molecule has 0 amide bonds. The Morgan fingerprint density at radius 2 is 2.62 bits per heavy atom. The lowest BCUT2D eigenvalue weighted by Gasteiger charge is -2.00. The maximum absolute atomic E-state index is 5.54. The quantitative estimate of drug-likeness (QED) is 0.550. The van der Waals surface area contributed by atoms with Gasteiger partial charge in [-0.25, -0.2) is 4.98 Å². The number of aromatic nitrogens is 1. The monoisotopic (exact) mass is 198 g/mol. The lowest BCUT2D eigenvalue weighted by molar-refractivity contribution is 0.893. The lowest BCUT2D eigenvalue weighted by atomic mass is 10.3. The molecule has 0 saturated heterocycles. The van der Waals surface area contributed by atoms with Crippen molar-refractivity contribution in [3.05, 3.63) is 16.6 Å². The van der Waals surface area contributed by atoms with Gasteiger partial charge in [-0.05, 0) is 6.92 Å². The van der Waals surface area contributed by atoms with Crippen LogP contribution in [0, 0.1) is 0 Å². The molecule has 0 atom stereocenters. The molecule has 1 aromatic rings. The molecule has 0 fully saturated rings. The van der Waals surface area contributed by atoms with E-state index in [0.717, 1.165) is 18.7 Å². The van der Waals surface area contributed by atoms with E-state index in [-0.39, 0.29) is 0 Å². The molecule has 0 unspecified atom stereocenters. The van der Waals surface area contributed by atoms with E-state index in [2.05, 4.69) is 15.3 Å². The second-order valence-corrected chi connectivity index (χ2v) is 3.25. The summed E-state index contributed by atoms with van der Waals surface area (Å²) in [4.78, 5) is 8.28. The predicted octanol–water partition coefficient (Wildman–Crippen LogP) is 0.610. The predicted molar refractivity (Wildman–Crippen MR) is 56.0 cm³/mol. The van der Waals surface area contributed by atoms with Crippen molar-refractivity contribution < 1.29 is 0 Å². The van der Waals surface area contributed by atoms with Crippen molar-refractivity contribution in [2.24, 2.45) is 10.7 Å². The van der Waals surface area contributed by atoms with E-state index >= 15 is 0 Å². The average Bonchev–Trinajstić information content (AvgIpc) is 2.57. The number of aliphatic imine (C=N–C) groups is 1. The van der Waals surface area contributed by atoms with E-state index in [1.54, 1.807) is 11.3 Å². The van der Waals surface area contributed by atoms with Crippen LogP contribution in [0.1, 0.15) is 12.6 Å². The van der Waals surface area contributed by atoms with E-state index < -0.39 is 0 Å². The molecule has 0 bridgehead atoms. The molecule has 0 aliphatic heterocycles. The maximum Gasteiger partial charge on any atom is 0.188 e. The van der Waals surface area contributed by atoms with Crippen LogP contribution in [-0.4, -0.2) is 24.0 Å². The van der Waals surface area contributed by atoms with Crippen LogP contribution in [0.4, 0.5) is 0 Å². The Morgan fingerprint density at radius 1 is 1.77 bits per heavy atom. The molecule has 1 aromatic heterocycles. The molecular weight excluding hydrogens is 184 g/mol. The summed E-state index contributed by atoms with van der Waals surface area (Å²) in [6, 6.07) is 0. The largest absolute Gasteiger partial charge is 0.370 e. The number of nitrogens with two attached hydrogens (primary N) is 1.